The second kappa shape index (κ2) is 2.51. The van der Waals surface area contributed by atoms with Gasteiger partial charge in [-0.25, -0.2) is 0 Å². The number of carbonyl (C=O) groups is 1. The molecule has 0 rings (SSSR count). The first-order valence-electron chi connectivity index (χ1n) is 1.23. The van der Waals surface area contributed by atoms with E-state index >= 15 is 0 Å². The first kappa shape index (κ1) is 10.3. The predicted octanol–water partition coefficient (Wildman–Crippen LogP) is -0.325. The largest absolute Gasteiger partial charge is 0.542 e. The first-order chi connectivity index (χ1) is 2.94. The van der Waals surface area contributed by atoms with Gasteiger partial charge in [-0.1, -0.05) is 0 Å². The molecule has 0 aliphatic rings. The first-order valence-corrected chi connectivity index (χ1v) is 1.23. The summed E-state index contributed by atoms with van der Waals surface area (Å²) < 4.78 is 31.5. The molecule has 0 atom stereocenters. The zero-order valence-electron chi connectivity index (χ0n) is 3.95. The average molecular weight is 131 g/mol. The summed E-state index contributed by atoms with van der Waals surface area (Å²) in [5.74, 6) is -3.01. The molecule has 0 saturated carbocycles. The van der Waals surface area contributed by atoms with Crippen molar-refractivity contribution < 1.29 is 23.1 Å². The van der Waals surface area contributed by atoms with Gasteiger partial charge >= 0.3 is 6.18 Å². The number of carboxylic acid groups (broad SMARTS) is 1. The van der Waals surface area contributed by atoms with Gasteiger partial charge in [0.2, 0.25) is 0 Å². The highest BCUT2D eigenvalue weighted by Gasteiger charge is 2.28. The third kappa shape index (κ3) is 3.41. The van der Waals surface area contributed by atoms with E-state index in [0.717, 1.165) is 0 Å². The normalized spacial score (nSPS) is 9.88. The van der Waals surface area contributed by atoms with Crippen molar-refractivity contribution in [1.82, 2.24) is 6.15 Å². The van der Waals surface area contributed by atoms with Crippen LogP contribution < -0.4 is 11.3 Å². The molecular formula is C2H4F3NO2. The molecule has 0 spiro atoms. The molecule has 0 fully saturated rings. The number of quaternary nitrogens is 1. The Labute approximate surface area is 42.7 Å². The van der Waals surface area contributed by atoms with Crippen LogP contribution in [0, 0.1) is 0 Å². The molecule has 50 valence electrons. The van der Waals surface area contributed by atoms with E-state index in [1.165, 1.54) is 0 Å². The summed E-state index contributed by atoms with van der Waals surface area (Å²) in [5, 5.41) is 8.78. The molecule has 0 aromatic carbocycles. The molecule has 0 aromatic heterocycles. The van der Waals surface area contributed by atoms with Gasteiger partial charge in [0, 0.05) is 0 Å². The van der Waals surface area contributed by atoms with Crippen LogP contribution in [0.5, 0.6) is 0 Å². The molecule has 0 saturated heterocycles. The highest BCUT2D eigenvalue weighted by atomic mass is 19.4. The Morgan fingerprint density at radius 2 is 1.50 bits per heavy atom. The summed E-state index contributed by atoms with van der Waals surface area (Å²) >= 11 is 0. The third-order valence-corrected chi connectivity index (χ3v) is 0.231. The van der Waals surface area contributed by atoms with E-state index in [1.807, 2.05) is 0 Å². The minimum atomic E-state index is -5.19. The van der Waals surface area contributed by atoms with Crippen molar-refractivity contribution in [3.05, 3.63) is 0 Å². The number of aliphatic carboxylic acids is 1. The standard InChI is InChI=1S/C2HF3O2.H3N/c3-2(4,5)1(6)7;/h(H,6,7);1H3. The van der Waals surface area contributed by atoms with Gasteiger partial charge in [-0.3, -0.25) is 0 Å². The summed E-state index contributed by atoms with van der Waals surface area (Å²) in [7, 11) is 0. The van der Waals surface area contributed by atoms with Crippen LogP contribution in [0.15, 0.2) is 0 Å². The minimum Gasteiger partial charge on any atom is -0.542 e. The number of hydrogen-bond acceptors (Lipinski definition) is 2. The number of halogens is 3. The van der Waals surface area contributed by atoms with Crippen LogP contribution in [0.25, 0.3) is 0 Å². The summed E-state index contributed by atoms with van der Waals surface area (Å²) in [5.41, 5.74) is 0. The van der Waals surface area contributed by atoms with E-state index in [9.17, 15) is 13.2 Å². The zero-order valence-corrected chi connectivity index (χ0v) is 3.95. The van der Waals surface area contributed by atoms with E-state index in [-0.39, 0.29) is 6.15 Å². The van der Waals surface area contributed by atoms with E-state index in [1.54, 1.807) is 0 Å². The van der Waals surface area contributed by atoms with E-state index in [0.29, 0.717) is 0 Å². The van der Waals surface area contributed by atoms with E-state index in [4.69, 9.17) is 9.90 Å². The van der Waals surface area contributed by atoms with Crippen LogP contribution in [0.4, 0.5) is 13.2 Å². The van der Waals surface area contributed by atoms with Gasteiger partial charge in [-0.2, -0.15) is 13.2 Å². The molecule has 0 unspecified atom stereocenters. The molecule has 4 N–H and O–H groups in total. The average Bonchev–Trinajstić information content (AvgIpc) is 1.31. The number of hydrogen-bond donors (Lipinski definition) is 1. The van der Waals surface area contributed by atoms with Crippen LogP contribution in [0.1, 0.15) is 0 Å². The SMILES string of the molecule is O=C([O-])C(F)(F)F.[NH4+]. The number of alkyl halides is 3. The molecule has 8 heavy (non-hydrogen) atoms. The molecule has 0 heterocycles. The topological polar surface area (TPSA) is 76.6 Å². The van der Waals surface area contributed by atoms with Crippen molar-refractivity contribution >= 4 is 5.97 Å². The molecule has 0 amide bonds. The van der Waals surface area contributed by atoms with Crippen LogP contribution in [-0.2, 0) is 4.79 Å². The van der Waals surface area contributed by atoms with Gasteiger partial charge in [0.25, 0.3) is 0 Å². The minimum absolute atomic E-state index is 0. The highest BCUT2D eigenvalue weighted by Crippen LogP contribution is 2.11. The molecule has 3 nitrogen and oxygen atoms in total. The van der Waals surface area contributed by atoms with Gasteiger partial charge in [-0.05, 0) is 0 Å². The monoisotopic (exact) mass is 131 g/mol. The number of rotatable bonds is 0. The van der Waals surface area contributed by atoms with Crippen molar-refractivity contribution in [3.8, 4) is 0 Å². The molecule has 0 aromatic rings. The number of carbonyl (C=O) groups excluding carboxylic acids is 1. The van der Waals surface area contributed by atoms with Gasteiger partial charge in [0.05, 0.1) is 0 Å². The lowest BCUT2D eigenvalue weighted by molar-refractivity contribution is -0.344. The van der Waals surface area contributed by atoms with Gasteiger partial charge in [0.15, 0.2) is 0 Å². The maximum atomic E-state index is 10.5. The second-order valence-electron chi connectivity index (χ2n) is 0.785. The lowest BCUT2D eigenvalue weighted by atomic mass is 10.7. The fraction of sp³-hybridized carbons (Fsp3) is 0.500. The van der Waals surface area contributed by atoms with Crippen molar-refractivity contribution in [2.45, 2.75) is 6.18 Å². The number of carboxylic acids is 1. The van der Waals surface area contributed by atoms with Crippen molar-refractivity contribution in [2.24, 2.45) is 0 Å². The lowest BCUT2D eigenvalue weighted by Crippen LogP contribution is -2.37. The summed E-state index contributed by atoms with van der Waals surface area (Å²) in [6.45, 7) is 0. The second-order valence-corrected chi connectivity index (χ2v) is 0.785. The maximum Gasteiger partial charge on any atom is 0.430 e. The molecule has 6 heteroatoms. The fourth-order valence-electron chi connectivity index (χ4n) is 0. The van der Waals surface area contributed by atoms with Crippen LogP contribution in [0.2, 0.25) is 0 Å². The molecular weight excluding hydrogens is 127 g/mol. The molecule has 0 bridgehead atoms. The Balaban J connectivity index is 0. The van der Waals surface area contributed by atoms with Gasteiger partial charge in [0.1, 0.15) is 5.97 Å². The Morgan fingerprint density at radius 1 is 1.38 bits per heavy atom. The maximum absolute atomic E-state index is 10.5. The van der Waals surface area contributed by atoms with Gasteiger partial charge < -0.3 is 16.1 Å². The zero-order chi connectivity index (χ0) is 6.08. The Morgan fingerprint density at radius 3 is 1.50 bits per heavy atom. The van der Waals surface area contributed by atoms with Crippen molar-refractivity contribution in [1.29, 1.82) is 0 Å². The van der Waals surface area contributed by atoms with Gasteiger partial charge in [-0.15, -0.1) is 0 Å². The molecule has 0 aliphatic heterocycles. The lowest BCUT2D eigenvalue weighted by Gasteiger charge is -2.03. The quantitative estimate of drug-likeness (QED) is 0.488. The van der Waals surface area contributed by atoms with Crippen LogP contribution in [0.3, 0.4) is 0 Å². The predicted molar refractivity (Wildman–Crippen MR) is 17.0 cm³/mol. The van der Waals surface area contributed by atoms with Crippen LogP contribution >= 0.6 is 0 Å². The Bertz CT molecular complexity index is 87.8. The van der Waals surface area contributed by atoms with E-state index < -0.39 is 12.1 Å². The Hall–Kier alpha value is -0.780. The highest BCUT2D eigenvalue weighted by molar-refractivity contribution is 5.70. The summed E-state index contributed by atoms with van der Waals surface area (Å²) in [4.78, 5) is 8.78. The molecule has 0 radical (unpaired) electrons. The van der Waals surface area contributed by atoms with E-state index in [2.05, 4.69) is 0 Å². The third-order valence-electron chi connectivity index (χ3n) is 0.231. The fourth-order valence-corrected chi connectivity index (χ4v) is 0. The molecule has 0 aliphatic carbocycles. The Kier molecular flexibility index (Phi) is 3.21. The summed E-state index contributed by atoms with van der Waals surface area (Å²) in [6, 6.07) is 0. The summed E-state index contributed by atoms with van der Waals surface area (Å²) in [6.07, 6.45) is -5.19. The van der Waals surface area contributed by atoms with Crippen LogP contribution in [-0.4, -0.2) is 12.1 Å². The van der Waals surface area contributed by atoms with Crippen molar-refractivity contribution in [2.75, 3.05) is 0 Å². The van der Waals surface area contributed by atoms with Crippen molar-refractivity contribution in [3.63, 3.8) is 0 Å². The smallest absolute Gasteiger partial charge is 0.430 e.